The largest absolute Gasteiger partial charge is 0.230 e. The van der Waals surface area contributed by atoms with Gasteiger partial charge in [-0.2, -0.15) is 0 Å². The topological polar surface area (TPSA) is 12.9 Å². The molecule has 0 saturated heterocycles. The zero-order valence-electron chi connectivity index (χ0n) is 6.33. The SMILES string of the molecule is CSc1nc2c(s1)CCC=C2. The van der Waals surface area contributed by atoms with E-state index in [0.717, 1.165) is 0 Å². The Morgan fingerprint density at radius 1 is 1.64 bits per heavy atom. The number of rotatable bonds is 1. The van der Waals surface area contributed by atoms with Crippen LogP contribution in [0, 0.1) is 0 Å². The Hall–Kier alpha value is -0.280. The monoisotopic (exact) mass is 183 g/mol. The molecule has 0 fully saturated rings. The zero-order valence-corrected chi connectivity index (χ0v) is 7.97. The van der Waals surface area contributed by atoms with Gasteiger partial charge in [0.05, 0.1) is 5.69 Å². The van der Waals surface area contributed by atoms with Crippen molar-refractivity contribution >= 4 is 29.2 Å². The Morgan fingerprint density at radius 2 is 2.55 bits per heavy atom. The molecule has 1 aliphatic carbocycles. The highest BCUT2D eigenvalue weighted by Crippen LogP contribution is 2.29. The van der Waals surface area contributed by atoms with Crippen LogP contribution in [-0.2, 0) is 6.42 Å². The summed E-state index contributed by atoms with van der Waals surface area (Å²) in [6, 6.07) is 0. The van der Waals surface area contributed by atoms with Crippen LogP contribution in [0.3, 0.4) is 0 Å². The molecule has 0 bridgehead atoms. The predicted octanol–water partition coefficient (Wildman–Crippen LogP) is 2.82. The molecule has 0 amide bonds. The van der Waals surface area contributed by atoms with Crippen LogP contribution in [0.5, 0.6) is 0 Å². The van der Waals surface area contributed by atoms with Gasteiger partial charge in [-0.3, -0.25) is 0 Å². The minimum absolute atomic E-state index is 1.18. The molecule has 0 radical (unpaired) electrons. The van der Waals surface area contributed by atoms with E-state index in [4.69, 9.17) is 0 Å². The zero-order chi connectivity index (χ0) is 7.68. The Kier molecular flexibility index (Phi) is 2.00. The fraction of sp³-hybridized carbons (Fsp3) is 0.375. The van der Waals surface area contributed by atoms with E-state index >= 15 is 0 Å². The molecular weight excluding hydrogens is 174 g/mol. The third kappa shape index (κ3) is 1.35. The summed E-state index contributed by atoms with van der Waals surface area (Å²) in [5.41, 5.74) is 1.20. The van der Waals surface area contributed by atoms with Gasteiger partial charge in [0, 0.05) is 4.88 Å². The number of allylic oxidation sites excluding steroid dienone is 1. The lowest BCUT2D eigenvalue weighted by Gasteiger charge is -1.99. The molecule has 2 rings (SSSR count). The number of fused-ring (bicyclic) bond motifs is 1. The van der Waals surface area contributed by atoms with Crippen molar-refractivity contribution in [3.8, 4) is 0 Å². The maximum Gasteiger partial charge on any atom is 0.150 e. The fourth-order valence-electron chi connectivity index (χ4n) is 1.15. The highest BCUT2D eigenvalue weighted by Gasteiger charge is 2.09. The van der Waals surface area contributed by atoms with Crippen molar-refractivity contribution in [3.63, 3.8) is 0 Å². The van der Waals surface area contributed by atoms with Crippen molar-refractivity contribution in [2.45, 2.75) is 17.2 Å². The summed E-state index contributed by atoms with van der Waals surface area (Å²) < 4.78 is 1.20. The molecule has 0 spiro atoms. The lowest BCUT2D eigenvalue weighted by Crippen LogP contribution is -1.87. The fourth-order valence-corrected chi connectivity index (χ4v) is 2.76. The Bertz CT molecular complexity index is 288. The van der Waals surface area contributed by atoms with Gasteiger partial charge in [0.15, 0.2) is 4.34 Å². The van der Waals surface area contributed by atoms with E-state index in [1.807, 2.05) is 11.3 Å². The summed E-state index contributed by atoms with van der Waals surface area (Å²) in [5, 5.41) is 0. The molecule has 0 atom stereocenters. The van der Waals surface area contributed by atoms with E-state index < -0.39 is 0 Å². The summed E-state index contributed by atoms with van der Waals surface area (Å²) in [4.78, 5) is 5.92. The highest BCUT2D eigenvalue weighted by atomic mass is 32.2. The molecule has 1 heterocycles. The number of hydrogen-bond acceptors (Lipinski definition) is 3. The van der Waals surface area contributed by atoms with Crippen molar-refractivity contribution in [2.75, 3.05) is 6.26 Å². The van der Waals surface area contributed by atoms with Crippen molar-refractivity contribution in [1.29, 1.82) is 0 Å². The Balaban J connectivity index is 2.42. The summed E-state index contributed by atoms with van der Waals surface area (Å²) in [6.45, 7) is 0. The van der Waals surface area contributed by atoms with Crippen molar-refractivity contribution in [2.24, 2.45) is 0 Å². The smallest absolute Gasteiger partial charge is 0.150 e. The van der Waals surface area contributed by atoms with Gasteiger partial charge in [0.2, 0.25) is 0 Å². The molecule has 58 valence electrons. The second kappa shape index (κ2) is 2.99. The number of thioether (sulfide) groups is 1. The van der Waals surface area contributed by atoms with E-state index in [9.17, 15) is 0 Å². The van der Waals surface area contributed by atoms with Crippen LogP contribution in [0.25, 0.3) is 6.08 Å². The first kappa shape index (κ1) is 7.37. The maximum absolute atomic E-state index is 4.46. The number of aromatic nitrogens is 1. The first-order valence-corrected chi connectivity index (χ1v) is 5.64. The number of aryl methyl sites for hydroxylation is 1. The normalized spacial score (nSPS) is 15.0. The van der Waals surface area contributed by atoms with E-state index in [2.05, 4.69) is 23.4 Å². The predicted molar refractivity (Wildman–Crippen MR) is 51.3 cm³/mol. The van der Waals surface area contributed by atoms with Gasteiger partial charge < -0.3 is 0 Å². The molecule has 1 aromatic heterocycles. The van der Waals surface area contributed by atoms with Gasteiger partial charge in [-0.25, -0.2) is 4.98 Å². The quantitative estimate of drug-likeness (QED) is 0.621. The average Bonchev–Trinajstić information content (AvgIpc) is 2.46. The average molecular weight is 183 g/mol. The van der Waals surface area contributed by atoms with Crippen LogP contribution in [-0.4, -0.2) is 11.2 Å². The second-order valence-electron chi connectivity index (χ2n) is 2.43. The molecule has 0 N–H and O–H groups in total. The van der Waals surface area contributed by atoms with Crippen LogP contribution >= 0.6 is 23.1 Å². The van der Waals surface area contributed by atoms with Gasteiger partial charge in [-0.05, 0) is 25.2 Å². The molecule has 0 aliphatic heterocycles. The summed E-state index contributed by atoms with van der Waals surface area (Å²) >= 11 is 3.57. The van der Waals surface area contributed by atoms with E-state index in [-0.39, 0.29) is 0 Å². The first-order valence-electron chi connectivity index (χ1n) is 3.60. The van der Waals surface area contributed by atoms with Crippen molar-refractivity contribution in [1.82, 2.24) is 4.98 Å². The Labute approximate surface area is 74.5 Å². The van der Waals surface area contributed by atoms with E-state index in [1.54, 1.807) is 11.8 Å². The van der Waals surface area contributed by atoms with Gasteiger partial charge in [-0.1, -0.05) is 17.8 Å². The highest BCUT2D eigenvalue weighted by molar-refractivity contribution is 8.00. The van der Waals surface area contributed by atoms with Crippen LogP contribution in [0.2, 0.25) is 0 Å². The number of hydrogen-bond donors (Lipinski definition) is 0. The van der Waals surface area contributed by atoms with Gasteiger partial charge in [-0.15, -0.1) is 11.3 Å². The second-order valence-corrected chi connectivity index (χ2v) is 4.57. The summed E-state index contributed by atoms with van der Waals surface area (Å²) in [6.07, 6.45) is 8.78. The lowest BCUT2D eigenvalue weighted by molar-refractivity contribution is 0.997. The number of nitrogens with zero attached hydrogens (tertiary/aromatic N) is 1. The molecule has 1 nitrogen and oxygen atoms in total. The van der Waals surface area contributed by atoms with Gasteiger partial charge in [0.1, 0.15) is 0 Å². The van der Waals surface area contributed by atoms with Gasteiger partial charge >= 0.3 is 0 Å². The lowest BCUT2D eigenvalue weighted by atomic mass is 10.1. The standard InChI is InChI=1S/C8H9NS2/c1-10-8-9-6-4-2-3-5-7(6)11-8/h2,4H,3,5H2,1H3. The van der Waals surface area contributed by atoms with Crippen molar-refractivity contribution in [3.05, 3.63) is 16.6 Å². The molecule has 11 heavy (non-hydrogen) atoms. The minimum atomic E-state index is 1.18. The Morgan fingerprint density at radius 3 is 3.27 bits per heavy atom. The van der Waals surface area contributed by atoms with Crippen LogP contribution in [0.1, 0.15) is 17.0 Å². The third-order valence-corrected chi connectivity index (χ3v) is 3.81. The maximum atomic E-state index is 4.46. The van der Waals surface area contributed by atoms with E-state index in [1.165, 1.54) is 27.8 Å². The molecule has 0 aromatic carbocycles. The molecule has 1 aromatic rings. The van der Waals surface area contributed by atoms with Gasteiger partial charge in [0.25, 0.3) is 0 Å². The van der Waals surface area contributed by atoms with Crippen LogP contribution in [0.4, 0.5) is 0 Å². The molecule has 3 heteroatoms. The minimum Gasteiger partial charge on any atom is -0.230 e. The molecule has 0 unspecified atom stereocenters. The number of thiazole rings is 1. The molecular formula is C8H9NS2. The molecule has 0 saturated carbocycles. The van der Waals surface area contributed by atoms with E-state index in [0.29, 0.717) is 0 Å². The summed E-state index contributed by atoms with van der Waals surface area (Å²) in [5.74, 6) is 0. The van der Waals surface area contributed by atoms with Crippen LogP contribution in [0.15, 0.2) is 10.4 Å². The summed E-state index contributed by atoms with van der Waals surface area (Å²) in [7, 11) is 0. The van der Waals surface area contributed by atoms with Crippen LogP contribution < -0.4 is 0 Å². The first-order chi connectivity index (χ1) is 5.40. The molecule has 1 aliphatic rings. The van der Waals surface area contributed by atoms with Crippen molar-refractivity contribution < 1.29 is 0 Å². The third-order valence-electron chi connectivity index (χ3n) is 1.70.